The summed E-state index contributed by atoms with van der Waals surface area (Å²) >= 11 is 2.11. The lowest BCUT2D eigenvalue weighted by Gasteiger charge is -2.07. The maximum absolute atomic E-state index is 11.7. The van der Waals surface area contributed by atoms with E-state index in [2.05, 4.69) is 27.9 Å². The summed E-state index contributed by atoms with van der Waals surface area (Å²) in [6.45, 7) is 1.37. The molecule has 0 bridgehead atoms. The average Bonchev–Trinajstić information content (AvgIpc) is 2.85. The molecule has 1 aromatic heterocycles. The van der Waals surface area contributed by atoms with Crippen LogP contribution in [-0.2, 0) is 9.53 Å². The van der Waals surface area contributed by atoms with Gasteiger partial charge in [-0.05, 0) is 53.8 Å². The second-order valence-corrected chi connectivity index (χ2v) is 5.18. The van der Waals surface area contributed by atoms with Gasteiger partial charge in [0.05, 0.1) is 5.69 Å². The number of carbonyl (C=O) groups is 2. The van der Waals surface area contributed by atoms with Gasteiger partial charge in [-0.15, -0.1) is 0 Å². The highest BCUT2D eigenvalue weighted by Crippen LogP contribution is 2.16. The maximum atomic E-state index is 11.7. The normalized spacial score (nSPS) is 10.1. The highest BCUT2D eigenvalue weighted by Gasteiger charge is 2.14. The first-order valence-corrected chi connectivity index (χ1v) is 6.92. The summed E-state index contributed by atoms with van der Waals surface area (Å²) < 4.78 is 10.9. The third kappa shape index (κ3) is 3.83. The molecular weight excluding hydrogens is 373 g/mol. The van der Waals surface area contributed by atoms with Crippen LogP contribution >= 0.6 is 22.6 Å². The van der Waals surface area contributed by atoms with Gasteiger partial charge in [-0.25, -0.2) is 4.79 Å². The summed E-state index contributed by atoms with van der Waals surface area (Å²) in [6.07, 6.45) is 0. The SMILES string of the molecule is Cc1ccc(C(=O)OCC(=O)Nc2ccccc2I)o1. The van der Waals surface area contributed by atoms with E-state index < -0.39 is 11.9 Å². The van der Waals surface area contributed by atoms with Crippen molar-refractivity contribution in [2.45, 2.75) is 6.92 Å². The van der Waals surface area contributed by atoms with Crippen molar-refractivity contribution in [3.8, 4) is 0 Å². The molecule has 1 N–H and O–H groups in total. The molecule has 1 amide bonds. The fraction of sp³-hybridized carbons (Fsp3) is 0.143. The maximum Gasteiger partial charge on any atom is 0.374 e. The molecular formula is C14H12INO4. The zero-order valence-electron chi connectivity index (χ0n) is 10.7. The Morgan fingerprint density at radius 1 is 1.25 bits per heavy atom. The summed E-state index contributed by atoms with van der Waals surface area (Å²) in [5.74, 6) is -0.355. The number of benzene rings is 1. The van der Waals surface area contributed by atoms with Gasteiger partial charge in [-0.2, -0.15) is 0 Å². The second-order valence-electron chi connectivity index (χ2n) is 4.01. The molecule has 0 fully saturated rings. The minimum atomic E-state index is -0.656. The molecule has 5 nitrogen and oxygen atoms in total. The lowest BCUT2D eigenvalue weighted by molar-refractivity contribution is -0.119. The van der Waals surface area contributed by atoms with Crippen LogP contribution in [0.5, 0.6) is 0 Å². The molecule has 1 aromatic carbocycles. The van der Waals surface area contributed by atoms with Gasteiger partial charge in [0.1, 0.15) is 5.76 Å². The van der Waals surface area contributed by atoms with E-state index in [9.17, 15) is 9.59 Å². The van der Waals surface area contributed by atoms with Crippen molar-refractivity contribution in [2.75, 3.05) is 11.9 Å². The smallest absolute Gasteiger partial charge is 0.374 e. The van der Waals surface area contributed by atoms with Crippen LogP contribution in [0.15, 0.2) is 40.8 Å². The minimum absolute atomic E-state index is 0.0876. The molecule has 0 radical (unpaired) electrons. The summed E-state index contributed by atoms with van der Waals surface area (Å²) in [4.78, 5) is 23.3. The molecule has 2 aromatic rings. The van der Waals surface area contributed by atoms with Crippen LogP contribution in [0.1, 0.15) is 16.3 Å². The van der Waals surface area contributed by atoms with E-state index in [1.807, 2.05) is 18.2 Å². The van der Waals surface area contributed by atoms with E-state index >= 15 is 0 Å². The fourth-order valence-corrected chi connectivity index (χ4v) is 2.02. The first kappa shape index (κ1) is 14.6. The molecule has 2 rings (SSSR count). The van der Waals surface area contributed by atoms with Crippen LogP contribution in [0.4, 0.5) is 5.69 Å². The number of ether oxygens (including phenoxy) is 1. The number of carbonyl (C=O) groups excluding carboxylic acids is 2. The van der Waals surface area contributed by atoms with E-state index in [0.717, 1.165) is 3.57 Å². The largest absolute Gasteiger partial charge is 0.454 e. The molecule has 104 valence electrons. The average molecular weight is 385 g/mol. The minimum Gasteiger partial charge on any atom is -0.454 e. The Balaban J connectivity index is 1.87. The molecule has 1 heterocycles. The molecule has 0 saturated carbocycles. The van der Waals surface area contributed by atoms with Gasteiger partial charge < -0.3 is 14.5 Å². The summed E-state index contributed by atoms with van der Waals surface area (Å²) in [5.41, 5.74) is 0.683. The number of anilines is 1. The number of para-hydroxylation sites is 1. The zero-order valence-corrected chi connectivity index (χ0v) is 12.8. The van der Waals surface area contributed by atoms with E-state index in [1.54, 1.807) is 19.1 Å². The highest BCUT2D eigenvalue weighted by atomic mass is 127. The fourth-order valence-electron chi connectivity index (χ4n) is 1.50. The number of amides is 1. The van der Waals surface area contributed by atoms with E-state index in [4.69, 9.17) is 9.15 Å². The summed E-state index contributed by atoms with van der Waals surface area (Å²) in [7, 11) is 0. The molecule has 0 saturated heterocycles. The van der Waals surface area contributed by atoms with Crippen molar-refractivity contribution in [1.29, 1.82) is 0 Å². The molecule has 6 heteroatoms. The number of nitrogens with one attached hydrogen (secondary N) is 1. The number of hydrogen-bond donors (Lipinski definition) is 1. The van der Waals surface area contributed by atoms with E-state index in [0.29, 0.717) is 11.4 Å². The van der Waals surface area contributed by atoms with Crippen LogP contribution in [-0.4, -0.2) is 18.5 Å². The lowest BCUT2D eigenvalue weighted by atomic mass is 10.3. The number of hydrogen-bond acceptors (Lipinski definition) is 4. The predicted molar refractivity (Wildman–Crippen MR) is 81.5 cm³/mol. The third-order valence-electron chi connectivity index (χ3n) is 2.42. The van der Waals surface area contributed by atoms with Gasteiger partial charge >= 0.3 is 5.97 Å². The standard InChI is InChI=1S/C14H12INO4/c1-9-6-7-12(20-9)14(18)19-8-13(17)16-11-5-3-2-4-10(11)15/h2-7H,8H2,1H3,(H,16,17). The number of rotatable bonds is 4. The molecule has 20 heavy (non-hydrogen) atoms. The van der Waals surface area contributed by atoms with Crippen molar-refractivity contribution in [2.24, 2.45) is 0 Å². The Bertz CT molecular complexity index is 636. The molecule has 0 aliphatic heterocycles. The highest BCUT2D eigenvalue weighted by molar-refractivity contribution is 14.1. The van der Waals surface area contributed by atoms with Crippen molar-refractivity contribution in [3.63, 3.8) is 0 Å². The van der Waals surface area contributed by atoms with Gasteiger partial charge in [0.15, 0.2) is 6.61 Å². The van der Waals surface area contributed by atoms with Crippen LogP contribution < -0.4 is 5.32 Å². The molecule has 0 aliphatic carbocycles. The Labute approximate surface area is 129 Å². The van der Waals surface area contributed by atoms with Crippen LogP contribution in [0.2, 0.25) is 0 Å². The van der Waals surface area contributed by atoms with Gasteiger partial charge in [-0.3, -0.25) is 4.79 Å². The molecule has 0 spiro atoms. The zero-order chi connectivity index (χ0) is 14.5. The first-order chi connectivity index (χ1) is 9.56. The van der Waals surface area contributed by atoms with Gasteiger partial charge in [0.2, 0.25) is 5.76 Å². The Morgan fingerprint density at radius 2 is 2.00 bits per heavy atom. The van der Waals surface area contributed by atoms with Gasteiger partial charge in [-0.1, -0.05) is 12.1 Å². The Hall–Kier alpha value is -1.83. The third-order valence-corrected chi connectivity index (χ3v) is 3.36. The first-order valence-electron chi connectivity index (χ1n) is 5.84. The molecule has 0 unspecified atom stereocenters. The second kappa shape index (κ2) is 6.56. The van der Waals surface area contributed by atoms with Crippen molar-refractivity contribution >= 4 is 40.2 Å². The number of esters is 1. The van der Waals surface area contributed by atoms with Crippen LogP contribution in [0.25, 0.3) is 0 Å². The summed E-state index contributed by atoms with van der Waals surface area (Å²) in [5, 5.41) is 2.67. The molecule has 0 atom stereocenters. The van der Waals surface area contributed by atoms with Crippen LogP contribution in [0.3, 0.4) is 0 Å². The number of halogens is 1. The number of aryl methyl sites for hydroxylation is 1. The van der Waals surface area contributed by atoms with Crippen molar-refractivity contribution < 1.29 is 18.7 Å². The van der Waals surface area contributed by atoms with Crippen molar-refractivity contribution in [3.05, 3.63) is 51.5 Å². The van der Waals surface area contributed by atoms with E-state index in [1.165, 1.54) is 6.07 Å². The van der Waals surface area contributed by atoms with Crippen LogP contribution in [0, 0.1) is 10.5 Å². The van der Waals surface area contributed by atoms with Gasteiger partial charge in [0.25, 0.3) is 5.91 Å². The Morgan fingerprint density at radius 3 is 2.65 bits per heavy atom. The number of furan rings is 1. The lowest BCUT2D eigenvalue weighted by Crippen LogP contribution is -2.21. The molecule has 0 aliphatic rings. The monoisotopic (exact) mass is 385 g/mol. The van der Waals surface area contributed by atoms with E-state index in [-0.39, 0.29) is 12.4 Å². The summed E-state index contributed by atoms with van der Waals surface area (Å²) in [6, 6.07) is 10.5. The van der Waals surface area contributed by atoms with Gasteiger partial charge in [0, 0.05) is 3.57 Å². The predicted octanol–water partition coefficient (Wildman–Crippen LogP) is 2.99. The van der Waals surface area contributed by atoms with Crippen molar-refractivity contribution in [1.82, 2.24) is 0 Å². The topological polar surface area (TPSA) is 68.5 Å². The quantitative estimate of drug-likeness (QED) is 0.649. The Kier molecular flexibility index (Phi) is 4.78.